The Bertz CT molecular complexity index is 798. The number of amides is 1. The van der Waals surface area contributed by atoms with Crippen LogP contribution >= 0.6 is 0 Å². The summed E-state index contributed by atoms with van der Waals surface area (Å²) < 4.78 is 21.5. The zero-order valence-corrected chi connectivity index (χ0v) is 16.8. The van der Waals surface area contributed by atoms with E-state index < -0.39 is 5.97 Å². The fraction of sp³-hybridized carbons (Fsp3) is 0.429. The number of methoxy groups -OCH3 is 1. The van der Waals surface area contributed by atoms with E-state index in [9.17, 15) is 9.59 Å². The first-order chi connectivity index (χ1) is 13.5. The lowest BCUT2D eigenvalue weighted by Gasteiger charge is -2.16. The minimum Gasteiger partial charge on any atom is -0.490 e. The third-order valence-electron chi connectivity index (χ3n) is 4.13. The van der Waals surface area contributed by atoms with Gasteiger partial charge in [0.15, 0.2) is 11.5 Å². The molecule has 0 aliphatic carbocycles. The SMILES string of the molecule is CCOc1ccccc1OCCCC(=O)N(C)Cc1cc(C(=O)OC)c(C)o1. The normalized spacial score (nSPS) is 10.4. The summed E-state index contributed by atoms with van der Waals surface area (Å²) in [5.41, 5.74) is 0.375. The molecule has 0 unspecified atom stereocenters. The van der Waals surface area contributed by atoms with Gasteiger partial charge in [-0.1, -0.05) is 12.1 Å². The monoisotopic (exact) mass is 389 g/mol. The molecule has 1 aromatic heterocycles. The molecule has 2 aromatic rings. The van der Waals surface area contributed by atoms with Crippen LogP contribution in [0.4, 0.5) is 0 Å². The Hall–Kier alpha value is -2.96. The van der Waals surface area contributed by atoms with Crippen molar-refractivity contribution in [3.63, 3.8) is 0 Å². The maximum Gasteiger partial charge on any atom is 0.341 e. The summed E-state index contributed by atoms with van der Waals surface area (Å²) in [6.45, 7) is 4.86. The maximum absolute atomic E-state index is 12.3. The van der Waals surface area contributed by atoms with Gasteiger partial charge in [0.05, 0.1) is 26.9 Å². The van der Waals surface area contributed by atoms with Gasteiger partial charge in [0.2, 0.25) is 5.91 Å². The average molecular weight is 389 g/mol. The molecule has 0 aliphatic heterocycles. The quantitative estimate of drug-likeness (QED) is 0.456. The van der Waals surface area contributed by atoms with E-state index in [0.29, 0.717) is 54.6 Å². The van der Waals surface area contributed by atoms with Crippen LogP contribution in [-0.2, 0) is 16.1 Å². The Morgan fingerprint density at radius 3 is 2.46 bits per heavy atom. The second-order valence-electron chi connectivity index (χ2n) is 6.26. The van der Waals surface area contributed by atoms with E-state index in [4.69, 9.17) is 18.6 Å². The highest BCUT2D eigenvalue weighted by atomic mass is 16.5. The third kappa shape index (κ3) is 5.77. The Balaban J connectivity index is 1.79. The topological polar surface area (TPSA) is 78.2 Å². The number of para-hydroxylation sites is 2. The molecular weight excluding hydrogens is 362 g/mol. The molecule has 28 heavy (non-hydrogen) atoms. The van der Waals surface area contributed by atoms with Crippen molar-refractivity contribution in [1.82, 2.24) is 4.90 Å². The number of nitrogens with zero attached hydrogens (tertiary/aromatic N) is 1. The number of benzene rings is 1. The van der Waals surface area contributed by atoms with Crippen molar-refractivity contribution in [3.8, 4) is 11.5 Å². The lowest BCUT2D eigenvalue weighted by Crippen LogP contribution is -2.26. The minimum atomic E-state index is -0.453. The van der Waals surface area contributed by atoms with Crippen LogP contribution in [0.1, 0.15) is 41.6 Å². The molecule has 0 radical (unpaired) electrons. The zero-order chi connectivity index (χ0) is 20.5. The van der Waals surface area contributed by atoms with E-state index in [2.05, 4.69) is 0 Å². The van der Waals surface area contributed by atoms with Crippen molar-refractivity contribution >= 4 is 11.9 Å². The van der Waals surface area contributed by atoms with Crippen LogP contribution in [0.25, 0.3) is 0 Å². The second-order valence-corrected chi connectivity index (χ2v) is 6.26. The molecule has 1 aromatic carbocycles. The standard InChI is InChI=1S/C21H27NO6/c1-5-26-18-9-6-7-10-19(18)27-12-8-11-20(23)22(3)14-16-13-17(15(2)28-16)21(24)25-4/h6-7,9-10,13H,5,8,11-12,14H2,1-4H3. The van der Waals surface area contributed by atoms with E-state index >= 15 is 0 Å². The number of carbonyl (C=O) groups is 2. The highest BCUT2D eigenvalue weighted by molar-refractivity contribution is 5.90. The van der Waals surface area contributed by atoms with E-state index in [1.807, 2.05) is 31.2 Å². The van der Waals surface area contributed by atoms with Gasteiger partial charge in [-0.3, -0.25) is 4.79 Å². The van der Waals surface area contributed by atoms with Gasteiger partial charge in [-0.05, 0) is 38.5 Å². The lowest BCUT2D eigenvalue weighted by molar-refractivity contribution is -0.130. The van der Waals surface area contributed by atoms with Crippen LogP contribution in [0.15, 0.2) is 34.7 Å². The number of rotatable bonds is 10. The molecule has 0 saturated heterocycles. The van der Waals surface area contributed by atoms with E-state index in [1.54, 1.807) is 24.9 Å². The lowest BCUT2D eigenvalue weighted by atomic mass is 10.2. The molecule has 7 nitrogen and oxygen atoms in total. The molecule has 1 amide bonds. The third-order valence-corrected chi connectivity index (χ3v) is 4.13. The van der Waals surface area contributed by atoms with Crippen LogP contribution in [0.3, 0.4) is 0 Å². The van der Waals surface area contributed by atoms with Crippen LogP contribution in [0.5, 0.6) is 11.5 Å². The number of hydrogen-bond acceptors (Lipinski definition) is 6. The first kappa shape index (κ1) is 21.3. The molecule has 2 rings (SSSR count). The van der Waals surface area contributed by atoms with Crippen molar-refractivity contribution in [2.45, 2.75) is 33.2 Å². The predicted molar refractivity (Wildman–Crippen MR) is 104 cm³/mol. The summed E-state index contributed by atoms with van der Waals surface area (Å²) >= 11 is 0. The number of aryl methyl sites for hydroxylation is 1. The van der Waals surface area contributed by atoms with E-state index in [0.717, 1.165) is 0 Å². The van der Waals surface area contributed by atoms with Crippen molar-refractivity contribution in [1.29, 1.82) is 0 Å². The highest BCUT2D eigenvalue weighted by Crippen LogP contribution is 2.26. The van der Waals surface area contributed by atoms with Gasteiger partial charge in [-0.15, -0.1) is 0 Å². The number of esters is 1. The van der Waals surface area contributed by atoms with E-state index in [1.165, 1.54) is 7.11 Å². The van der Waals surface area contributed by atoms with Crippen LogP contribution in [0, 0.1) is 6.92 Å². The molecule has 152 valence electrons. The average Bonchev–Trinajstić information content (AvgIpc) is 3.05. The molecule has 7 heteroatoms. The van der Waals surface area contributed by atoms with Gasteiger partial charge in [0, 0.05) is 13.5 Å². The van der Waals surface area contributed by atoms with Gasteiger partial charge in [0.1, 0.15) is 17.1 Å². The summed E-state index contributed by atoms with van der Waals surface area (Å²) in [6, 6.07) is 9.07. The molecular formula is C21H27NO6. The molecule has 0 fully saturated rings. The molecule has 0 N–H and O–H groups in total. The first-order valence-electron chi connectivity index (χ1n) is 9.22. The van der Waals surface area contributed by atoms with Gasteiger partial charge in [0.25, 0.3) is 0 Å². The Morgan fingerprint density at radius 1 is 1.14 bits per heavy atom. The summed E-state index contributed by atoms with van der Waals surface area (Å²) in [5, 5.41) is 0. The fourth-order valence-electron chi connectivity index (χ4n) is 2.70. The van der Waals surface area contributed by atoms with Crippen molar-refractivity contribution in [2.24, 2.45) is 0 Å². The molecule has 0 atom stereocenters. The summed E-state index contributed by atoms with van der Waals surface area (Å²) in [4.78, 5) is 25.5. The number of carbonyl (C=O) groups excluding carboxylic acids is 2. The maximum atomic E-state index is 12.3. The van der Waals surface area contributed by atoms with Crippen molar-refractivity contribution in [2.75, 3.05) is 27.4 Å². The van der Waals surface area contributed by atoms with Crippen LogP contribution in [-0.4, -0.2) is 44.1 Å². The van der Waals surface area contributed by atoms with Gasteiger partial charge in [-0.2, -0.15) is 0 Å². The first-order valence-corrected chi connectivity index (χ1v) is 9.22. The summed E-state index contributed by atoms with van der Waals surface area (Å²) in [5.74, 6) is 1.90. The highest BCUT2D eigenvalue weighted by Gasteiger charge is 2.18. The Morgan fingerprint density at radius 2 is 1.82 bits per heavy atom. The van der Waals surface area contributed by atoms with Crippen molar-refractivity contribution < 1.29 is 28.2 Å². The largest absolute Gasteiger partial charge is 0.490 e. The predicted octanol–water partition coefficient (Wildman–Crippen LogP) is 3.59. The Kier molecular flexibility index (Phi) is 7.92. The molecule has 0 bridgehead atoms. The van der Waals surface area contributed by atoms with E-state index in [-0.39, 0.29) is 12.5 Å². The fourth-order valence-corrected chi connectivity index (χ4v) is 2.70. The molecule has 1 heterocycles. The van der Waals surface area contributed by atoms with Crippen LogP contribution < -0.4 is 9.47 Å². The smallest absolute Gasteiger partial charge is 0.341 e. The number of hydrogen-bond donors (Lipinski definition) is 0. The van der Waals surface area contributed by atoms with Crippen LogP contribution in [0.2, 0.25) is 0 Å². The molecule has 0 aliphatic rings. The number of furan rings is 1. The summed E-state index contributed by atoms with van der Waals surface area (Å²) in [6.07, 6.45) is 0.922. The Labute approximate surface area is 165 Å². The molecule has 0 saturated carbocycles. The second kappa shape index (κ2) is 10.4. The van der Waals surface area contributed by atoms with Gasteiger partial charge < -0.3 is 23.5 Å². The van der Waals surface area contributed by atoms with Gasteiger partial charge >= 0.3 is 5.97 Å². The zero-order valence-electron chi connectivity index (χ0n) is 16.8. The number of ether oxygens (including phenoxy) is 3. The summed E-state index contributed by atoms with van der Waals surface area (Å²) in [7, 11) is 3.02. The van der Waals surface area contributed by atoms with Gasteiger partial charge in [-0.25, -0.2) is 4.79 Å². The molecule has 0 spiro atoms. The minimum absolute atomic E-state index is 0.0321. The van der Waals surface area contributed by atoms with Crippen molar-refractivity contribution in [3.05, 3.63) is 47.4 Å².